The van der Waals surface area contributed by atoms with Crippen LogP contribution in [0.3, 0.4) is 0 Å². The fourth-order valence-electron chi connectivity index (χ4n) is 4.32. The van der Waals surface area contributed by atoms with Crippen LogP contribution in [0.4, 0.5) is 0 Å². The lowest BCUT2D eigenvalue weighted by Gasteiger charge is -2.28. The number of carbonyl (C=O) groups is 2. The highest BCUT2D eigenvalue weighted by Gasteiger charge is 2.23. The zero-order valence-electron chi connectivity index (χ0n) is 18.8. The van der Waals surface area contributed by atoms with Gasteiger partial charge in [-0.2, -0.15) is 0 Å². The first-order chi connectivity index (χ1) is 15.2. The monoisotopic (exact) mass is 440 g/mol. The Hall–Kier alpha value is -2.14. The van der Waals surface area contributed by atoms with Gasteiger partial charge in [-0.3, -0.25) is 9.59 Å². The molecule has 168 valence electrons. The van der Waals surface area contributed by atoms with Crippen molar-refractivity contribution in [2.45, 2.75) is 71.4 Å². The molecule has 0 spiro atoms. The molecule has 3 rings (SSSR count). The molecule has 4 nitrogen and oxygen atoms in total. The molecule has 0 unspecified atom stereocenters. The first kappa shape index (κ1) is 23.5. The van der Waals surface area contributed by atoms with E-state index in [2.05, 4.69) is 25.1 Å². The number of rotatable bonds is 12. The third kappa shape index (κ3) is 7.80. The van der Waals surface area contributed by atoms with Crippen molar-refractivity contribution in [2.24, 2.45) is 5.92 Å². The molecule has 1 saturated carbocycles. The number of unbranched alkanes of at least 4 members (excludes halogenated alkanes) is 1. The fraction of sp³-hybridized carbons (Fsp3) is 0.538. The van der Waals surface area contributed by atoms with E-state index in [0.717, 1.165) is 29.7 Å². The van der Waals surface area contributed by atoms with E-state index in [9.17, 15) is 9.59 Å². The molecule has 0 bridgehead atoms. The molecule has 0 N–H and O–H groups in total. The molecule has 1 aliphatic rings. The number of carbonyl (C=O) groups excluding carboxylic acids is 2. The molecule has 0 atom stereocenters. The van der Waals surface area contributed by atoms with Crippen molar-refractivity contribution in [1.29, 1.82) is 0 Å². The Morgan fingerprint density at radius 3 is 2.42 bits per heavy atom. The molecule has 31 heavy (non-hydrogen) atoms. The predicted molar refractivity (Wildman–Crippen MR) is 128 cm³/mol. The summed E-state index contributed by atoms with van der Waals surface area (Å²) >= 11 is 1.67. The zero-order chi connectivity index (χ0) is 21.9. The highest BCUT2D eigenvalue weighted by atomic mass is 32.1. The van der Waals surface area contributed by atoms with Gasteiger partial charge >= 0.3 is 0 Å². The molecule has 0 radical (unpaired) electrons. The van der Waals surface area contributed by atoms with E-state index in [1.165, 1.54) is 25.7 Å². The fourth-order valence-corrected chi connectivity index (χ4v) is 5.04. The van der Waals surface area contributed by atoms with Gasteiger partial charge in [0, 0.05) is 24.4 Å². The van der Waals surface area contributed by atoms with Gasteiger partial charge in [-0.1, -0.05) is 75.4 Å². The van der Waals surface area contributed by atoms with Crippen LogP contribution in [-0.4, -0.2) is 34.7 Å². The Balaban J connectivity index is 1.64. The minimum atomic E-state index is 0.0302. The first-order valence-corrected chi connectivity index (χ1v) is 12.7. The Morgan fingerprint density at radius 2 is 1.74 bits per heavy atom. The topological polar surface area (TPSA) is 40.6 Å². The van der Waals surface area contributed by atoms with Gasteiger partial charge in [0.1, 0.15) is 0 Å². The van der Waals surface area contributed by atoms with Gasteiger partial charge in [0.25, 0.3) is 0 Å². The Bertz CT molecular complexity index is 785. The molecule has 2 aromatic rings. The Kier molecular flexibility index (Phi) is 9.60. The van der Waals surface area contributed by atoms with Crippen LogP contribution < -0.4 is 0 Å². The quantitative estimate of drug-likeness (QED) is 0.414. The maximum Gasteiger partial charge on any atom is 0.242 e. The summed E-state index contributed by atoms with van der Waals surface area (Å²) in [6, 6.07) is 14.2. The van der Waals surface area contributed by atoms with Crippen molar-refractivity contribution in [3.8, 4) is 0 Å². The van der Waals surface area contributed by atoms with Crippen molar-refractivity contribution >= 4 is 23.2 Å². The molecule has 1 aromatic carbocycles. The average molecular weight is 441 g/mol. The van der Waals surface area contributed by atoms with Crippen LogP contribution in [-0.2, 0) is 22.7 Å². The molecule has 2 amide bonds. The highest BCUT2D eigenvalue weighted by molar-refractivity contribution is 7.09. The van der Waals surface area contributed by atoms with Gasteiger partial charge in [0.2, 0.25) is 11.8 Å². The van der Waals surface area contributed by atoms with Crippen LogP contribution >= 0.6 is 11.3 Å². The SMILES string of the molecule is CCCCN(CC(=O)N(Cc1ccccc1)Cc1cccs1)C(=O)CCC1CCCC1. The minimum Gasteiger partial charge on any atom is -0.333 e. The Labute approximate surface area is 191 Å². The second-order valence-corrected chi connectivity index (χ2v) is 9.71. The van der Waals surface area contributed by atoms with E-state index in [1.54, 1.807) is 11.3 Å². The van der Waals surface area contributed by atoms with Gasteiger partial charge in [-0.15, -0.1) is 11.3 Å². The molecule has 0 aliphatic heterocycles. The maximum atomic E-state index is 13.3. The molecule has 1 aromatic heterocycles. The molecule has 1 heterocycles. The maximum absolute atomic E-state index is 13.3. The summed E-state index contributed by atoms with van der Waals surface area (Å²) in [7, 11) is 0. The van der Waals surface area contributed by atoms with Crippen LogP contribution in [0.1, 0.15) is 68.7 Å². The van der Waals surface area contributed by atoms with Crippen molar-refractivity contribution in [3.63, 3.8) is 0 Å². The molecule has 5 heteroatoms. The van der Waals surface area contributed by atoms with Crippen LogP contribution in [0.25, 0.3) is 0 Å². The van der Waals surface area contributed by atoms with Crippen LogP contribution in [0, 0.1) is 5.92 Å². The summed E-state index contributed by atoms with van der Waals surface area (Å²) in [6.45, 7) is 4.13. The second kappa shape index (κ2) is 12.7. The molecule has 0 saturated heterocycles. The van der Waals surface area contributed by atoms with E-state index in [-0.39, 0.29) is 18.4 Å². The summed E-state index contributed by atoms with van der Waals surface area (Å²) in [5, 5.41) is 2.04. The molecular formula is C26H36N2O2S. The summed E-state index contributed by atoms with van der Waals surface area (Å²) < 4.78 is 0. The number of amides is 2. The van der Waals surface area contributed by atoms with Crippen LogP contribution in [0.2, 0.25) is 0 Å². The number of nitrogens with zero attached hydrogens (tertiary/aromatic N) is 2. The van der Waals surface area contributed by atoms with Crippen molar-refractivity contribution in [3.05, 3.63) is 58.3 Å². The molecular weight excluding hydrogens is 404 g/mol. The van der Waals surface area contributed by atoms with E-state index in [0.29, 0.717) is 32.0 Å². The summed E-state index contributed by atoms with van der Waals surface area (Å²) in [4.78, 5) is 31.2. The van der Waals surface area contributed by atoms with Gasteiger partial charge in [0.15, 0.2) is 0 Å². The standard InChI is InChI=1S/C26H36N2O2S/c1-2-3-17-27(25(29)16-15-22-10-7-8-11-22)21-26(30)28(20-24-14-9-18-31-24)19-23-12-5-4-6-13-23/h4-6,9,12-14,18,22H,2-3,7-8,10-11,15-17,19-21H2,1H3. The number of hydrogen-bond donors (Lipinski definition) is 0. The first-order valence-electron chi connectivity index (χ1n) is 11.8. The van der Waals surface area contributed by atoms with Crippen molar-refractivity contribution < 1.29 is 9.59 Å². The Morgan fingerprint density at radius 1 is 0.968 bits per heavy atom. The minimum absolute atomic E-state index is 0.0302. The third-order valence-electron chi connectivity index (χ3n) is 6.20. The number of benzene rings is 1. The van der Waals surface area contributed by atoms with Gasteiger partial charge in [-0.05, 0) is 35.8 Å². The smallest absolute Gasteiger partial charge is 0.242 e. The van der Waals surface area contributed by atoms with E-state index >= 15 is 0 Å². The van der Waals surface area contributed by atoms with E-state index in [4.69, 9.17) is 0 Å². The lowest BCUT2D eigenvalue weighted by molar-refractivity contribution is -0.141. The van der Waals surface area contributed by atoms with Gasteiger partial charge < -0.3 is 9.80 Å². The summed E-state index contributed by atoms with van der Waals surface area (Å²) in [5.41, 5.74) is 1.11. The second-order valence-electron chi connectivity index (χ2n) is 8.67. The van der Waals surface area contributed by atoms with Crippen molar-refractivity contribution in [1.82, 2.24) is 9.80 Å². The molecule has 1 fully saturated rings. The normalized spacial score (nSPS) is 14.0. The highest BCUT2D eigenvalue weighted by Crippen LogP contribution is 2.28. The lowest BCUT2D eigenvalue weighted by Crippen LogP contribution is -2.42. The number of thiophene rings is 1. The summed E-state index contributed by atoms with van der Waals surface area (Å²) in [5.74, 6) is 0.869. The predicted octanol–water partition coefficient (Wildman–Crippen LogP) is 5.88. The molecule has 1 aliphatic carbocycles. The number of hydrogen-bond acceptors (Lipinski definition) is 3. The van der Waals surface area contributed by atoms with Crippen LogP contribution in [0.5, 0.6) is 0 Å². The average Bonchev–Trinajstić information content (AvgIpc) is 3.49. The van der Waals surface area contributed by atoms with E-state index < -0.39 is 0 Å². The summed E-state index contributed by atoms with van der Waals surface area (Å²) in [6.07, 6.45) is 8.61. The van der Waals surface area contributed by atoms with Gasteiger partial charge in [-0.25, -0.2) is 0 Å². The van der Waals surface area contributed by atoms with Crippen molar-refractivity contribution in [2.75, 3.05) is 13.1 Å². The van der Waals surface area contributed by atoms with Gasteiger partial charge in [0.05, 0.1) is 13.1 Å². The van der Waals surface area contributed by atoms with Crippen LogP contribution in [0.15, 0.2) is 47.8 Å². The van der Waals surface area contributed by atoms with E-state index in [1.807, 2.05) is 39.4 Å². The lowest BCUT2D eigenvalue weighted by atomic mass is 10.0. The zero-order valence-corrected chi connectivity index (χ0v) is 19.6. The third-order valence-corrected chi connectivity index (χ3v) is 7.06. The largest absolute Gasteiger partial charge is 0.333 e.